The van der Waals surface area contributed by atoms with Crippen LogP contribution in [0.25, 0.3) is 65.2 Å². The van der Waals surface area contributed by atoms with Gasteiger partial charge in [0.05, 0.1) is 20.1 Å². The Morgan fingerprint density at radius 3 is 2.22 bits per heavy atom. The molecule has 5 aromatic carbocycles. The van der Waals surface area contributed by atoms with Crippen LogP contribution in [0.1, 0.15) is 124 Å². The van der Waals surface area contributed by atoms with Crippen LogP contribution in [-0.4, -0.2) is 12.6 Å². The fraction of sp³-hybridized carbons (Fsp3) is 0.356. The molecule has 8 aromatic rings. The van der Waals surface area contributed by atoms with Gasteiger partial charge in [-0.25, -0.2) is 0 Å². The van der Waals surface area contributed by atoms with Gasteiger partial charge in [-0.3, -0.25) is 0 Å². The smallest absolute Gasteiger partial charge is 0.195 e. The summed E-state index contributed by atoms with van der Waals surface area (Å²) in [4.78, 5) is 0. The first-order valence-corrected chi connectivity index (χ1v) is 28.8. The predicted octanol–water partition coefficient (Wildman–Crippen LogP) is 15.0. The molecule has 11 rings (SSSR count). The van der Waals surface area contributed by atoms with Crippen molar-refractivity contribution >= 4 is 61.5 Å². The van der Waals surface area contributed by atoms with Crippen LogP contribution in [0.15, 0.2) is 122 Å². The molecular weight excluding hydrogens is 811 g/mol. The minimum atomic E-state index is -1.72. The zero-order valence-electron chi connectivity index (χ0n) is 39.2. The molecule has 0 spiro atoms. The monoisotopic (exact) mass is 875 g/mol. The summed E-state index contributed by atoms with van der Waals surface area (Å²) in [6, 6.07) is 42.7. The van der Waals surface area contributed by atoms with Gasteiger partial charge in [0.2, 0.25) is 5.69 Å². The van der Waals surface area contributed by atoms with Gasteiger partial charge in [0, 0.05) is 54.0 Å². The maximum absolute atomic E-state index is 5.21. The molecule has 0 radical (unpaired) electrons. The maximum Gasteiger partial charge on any atom is 0.300 e. The average molecular weight is 876 g/mol. The second-order valence-electron chi connectivity index (χ2n) is 21.2. The van der Waals surface area contributed by atoms with E-state index in [1.54, 1.807) is 10.8 Å². The second-order valence-corrected chi connectivity index (χ2v) is 27.3. The fourth-order valence-corrected chi connectivity index (χ4v) is 15.1. The number of hydrogen-bond acceptors (Lipinski definition) is 1. The van der Waals surface area contributed by atoms with E-state index in [1.165, 1.54) is 120 Å². The van der Waals surface area contributed by atoms with Crippen LogP contribution in [-0.2, 0) is 12.8 Å². The van der Waals surface area contributed by atoms with E-state index in [-0.39, 0.29) is 6.04 Å². The van der Waals surface area contributed by atoms with Gasteiger partial charge in [0.1, 0.15) is 11.4 Å². The van der Waals surface area contributed by atoms with Gasteiger partial charge >= 0.3 is 0 Å². The maximum atomic E-state index is 5.21. The zero-order chi connectivity index (χ0) is 44.0. The molecule has 1 saturated carbocycles. The highest BCUT2D eigenvalue weighted by Gasteiger charge is 2.45. The van der Waals surface area contributed by atoms with E-state index in [9.17, 15) is 0 Å². The number of nitrogens with zero attached hydrogens (tertiary/aromatic N) is 3. The number of fused-ring (bicyclic) bond motifs is 14. The molecule has 2 atom stereocenters. The summed E-state index contributed by atoms with van der Waals surface area (Å²) in [6.45, 7) is 22.4. The van der Waals surface area contributed by atoms with Crippen molar-refractivity contribution in [3.8, 4) is 28.3 Å². The standard InChI is InChI=1S/C59H65N3SSi/c1-37(2)43-24-18-25-44(38(3)4)58(43)62-52-27-16-15-26-51(52)61-39(5)31-53-47(30-29-41-34-56-50(35-49(41)59(61)62)48-23-14-17-28-55(48)63-56)45-21-12-13-22-46(45)54-33-42(32-40-19-10-9-11-20-40)57(36-60(53)54)64(6,7)8/h12-18,21-28,33-38,40,47,53H,5,9-11,19-20,29-32H2,1-4,6-8H3/q+2. The van der Waals surface area contributed by atoms with Gasteiger partial charge in [-0.05, 0) is 90.1 Å². The van der Waals surface area contributed by atoms with E-state index >= 15 is 0 Å². The third kappa shape index (κ3) is 6.87. The number of para-hydroxylation sites is 3. The molecule has 3 aromatic heterocycles. The van der Waals surface area contributed by atoms with Gasteiger partial charge in [0.25, 0.3) is 5.82 Å². The average Bonchev–Trinajstić information content (AvgIpc) is 3.83. The van der Waals surface area contributed by atoms with E-state index < -0.39 is 8.07 Å². The Bertz CT molecular complexity index is 3100. The third-order valence-corrected chi connectivity index (χ3v) is 18.6. The lowest BCUT2D eigenvalue weighted by molar-refractivity contribution is -0.719. The number of pyridine rings is 1. The summed E-state index contributed by atoms with van der Waals surface area (Å²) >= 11 is 1.94. The number of thiophene rings is 1. The summed E-state index contributed by atoms with van der Waals surface area (Å²) < 4.78 is 10.8. The van der Waals surface area contributed by atoms with Crippen LogP contribution in [0, 0.1) is 5.92 Å². The summed E-state index contributed by atoms with van der Waals surface area (Å²) in [5.74, 6) is 3.06. The number of aryl methyl sites for hydroxylation is 1. The van der Waals surface area contributed by atoms with Gasteiger partial charge in [-0.2, -0.15) is 13.7 Å². The normalized spacial score (nSPS) is 18.0. The minimum absolute atomic E-state index is 0.225. The van der Waals surface area contributed by atoms with Crippen LogP contribution in [0.2, 0.25) is 19.6 Å². The third-order valence-electron chi connectivity index (χ3n) is 15.4. The first-order valence-electron chi connectivity index (χ1n) is 24.5. The largest absolute Gasteiger partial charge is 0.300 e. The number of allylic oxidation sites excluding steroid dienone is 1. The van der Waals surface area contributed by atoms with Gasteiger partial charge in [-0.15, -0.1) is 11.3 Å². The Balaban J connectivity index is 1.20. The molecule has 0 bridgehead atoms. The van der Waals surface area contributed by atoms with Crippen LogP contribution in [0.5, 0.6) is 0 Å². The van der Waals surface area contributed by atoms with E-state index in [0.29, 0.717) is 17.8 Å². The summed E-state index contributed by atoms with van der Waals surface area (Å²) in [5, 5.41) is 4.34. The lowest BCUT2D eigenvalue weighted by Crippen LogP contribution is -2.54. The highest BCUT2D eigenvalue weighted by atomic mass is 32.1. The zero-order valence-corrected chi connectivity index (χ0v) is 41.0. The Morgan fingerprint density at radius 1 is 0.734 bits per heavy atom. The van der Waals surface area contributed by atoms with Crippen LogP contribution >= 0.6 is 11.3 Å². The molecule has 5 heterocycles. The molecule has 1 fully saturated rings. The van der Waals surface area contributed by atoms with E-state index in [4.69, 9.17) is 6.58 Å². The number of rotatable bonds is 6. The fourth-order valence-electron chi connectivity index (χ4n) is 12.3. The quantitative estimate of drug-likeness (QED) is 0.117. The number of aromatic nitrogens is 3. The number of hydrogen-bond donors (Lipinski definition) is 0. The summed E-state index contributed by atoms with van der Waals surface area (Å²) in [6.07, 6.45) is 13.7. The molecule has 0 amide bonds. The molecule has 1 aliphatic carbocycles. The number of imidazole rings is 1. The van der Waals surface area contributed by atoms with E-state index in [2.05, 4.69) is 176 Å². The van der Waals surface area contributed by atoms with Gasteiger partial charge in [0.15, 0.2) is 23.3 Å². The lowest BCUT2D eigenvalue weighted by atomic mass is 9.77. The molecule has 3 nitrogen and oxygen atoms in total. The molecule has 0 N–H and O–H groups in total. The van der Waals surface area contributed by atoms with E-state index in [0.717, 1.165) is 30.9 Å². The van der Waals surface area contributed by atoms with Gasteiger partial charge < -0.3 is 0 Å². The Hall–Kier alpha value is -5.10. The highest BCUT2D eigenvalue weighted by Crippen LogP contribution is 2.47. The van der Waals surface area contributed by atoms with Crippen molar-refractivity contribution in [1.29, 1.82) is 0 Å². The van der Waals surface area contributed by atoms with Crippen LogP contribution in [0.4, 0.5) is 0 Å². The van der Waals surface area contributed by atoms with Crippen molar-refractivity contribution in [2.45, 2.75) is 129 Å². The summed E-state index contributed by atoms with van der Waals surface area (Å²) in [7, 11) is -1.72. The summed E-state index contributed by atoms with van der Waals surface area (Å²) in [5.41, 5.74) is 16.4. The van der Waals surface area contributed by atoms with Crippen molar-refractivity contribution in [2.24, 2.45) is 5.92 Å². The van der Waals surface area contributed by atoms with E-state index in [1.807, 2.05) is 11.3 Å². The molecule has 3 aliphatic rings. The molecule has 2 unspecified atom stereocenters. The van der Waals surface area contributed by atoms with Crippen molar-refractivity contribution in [2.75, 3.05) is 0 Å². The first kappa shape index (κ1) is 41.6. The van der Waals surface area contributed by atoms with Crippen molar-refractivity contribution < 1.29 is 9.13 Å². The van der Waals surface area contributed by atoms with Crippen molar-refractivity contribution in [3.63, 3.8) is 0 Å². The highest BCUT2D eigenvalue weighted by molar-refractivity contribution is 7.25. The molecule has 2 aliphatic heterocycles. The SMILES string of the molecule is C=C1CC2C(CCc3cc4sc5ccccc5c4cc3-c3n(-c4c(C(C)C)cccc4C(C)C)c4ccccc4[n+]31)c1ccccc1-c1cc(CC3CCCCC3)c([Si](C)(C)C)c[n+]12. The molecular formula is C59H65N3SSi+2. The topological polar surface area (TPSA) is 12.7 Å². The molecule has 324 valence electrons. The first-order chi connectivity index (χ1) is 31.0. The molecule has 64 heavy (non-hydrogen) atoms. The Kier molecular flexibility index (Phi) is 10.5. The number of benzene rings is 5. The second kappa shape index (κ2) is 16.1. The van der Waals surface area contributed by atoms with Crippen LogP contribution in [0.3, 0.4) is 0 Å². The van der Waals surface area contributed by atoms with Crippen LogP contribution < -0.4 is 14.3 Å². The Labute approximate surface area is 386 Å². The predicted molar refractivity (Wildman–Crippen MR) is 275 cm³/mol. The van der Waals surface area contributed by atoms with Crippen molar-refractivity contribution in [1.82, 2.24) is 4.57 Å². The van der Waals surface area contributed by atoms with Gasteiger partial charge in [-0.1, -0.05) is 153 Å². The lowest BCUT2D eigenvalue weighted by Gasteiger charge is -2.33. The molecule has 5 heteroatoms. The molecule has 0 saturated heterocycles. The minimum Gasteiger partial charge on any atom is -0.195 e. The Morgan fingerprint density at radius 2 is 1.45 bits per heavy atom. The van der Waals surface area contributed by atoms with Crippen molar-refractivity contribution in [3.05, 3.63) is 150 Å².